The van der Waals surface area contributed by atoms with Crippen LogP contribution in [-0.4, -0.2) is 59.3 Å². The van der Waals surface area contributed by atoms with E-state index in [-0.39, 0.29) is 6.61 Å². The van der Waals surface area contributed by atoms with Gasteiger partial charge in [-0.25, -0.2) is 4.98 Å². The summed E-state index contributed by atoms with van der Waals surface area (Å²) in [5, 5.41) is 25.6. The summed E-state index contributed by atoms with van der Waals surface area (Å²) in [5.74, 6) is 1.08. The Morgan fingerprint density at radius 2 is 1.89 bits per heavy atom. The summed E-state index contributed by atoms with van der Waals surface area (Å²) >= 11 is 6.63. The first-order chi connectivity index (χ1) is 17.0. The number of piperazine rings is 1. The number of nitrogens with zero attached hydrogens (tertiary/aromatic N) is 5. The summed E-state index contributed by atoms with van der Waals surface area (Å²) in [5.41, 5.74) is 5.89. The maximum Gasteiger partial charge on any atom is 0.229 e. The highest BCUT2D eigenvalue weighted by Crippen LogP contribution is 2.31. The number of hydrogen-bond donors (Lipinski definition) is 3. The molecule has 1 fully saturated rings. The van der Waals surface area contributed by atoms with Crippen molar-refractivity contribution in [3.8, 4) is 6.07 Å². The molecule has 4 rings (SSSR count). The number of aliphatic hydroxyl groups is 1. The maximum atomic E-state index is 9.25. The van der Waals surface area contributed by atoms with Gasteiger partial charge in [-0.1, -0.05) is 17.7 Å². The lowest BCUT2D eigenvalue weighted by molar-refractivity contribution is 0.189. The molecule has 2 heterocycles. The fraction of sp³-hybridized carbons (Fsp3) is 0.346. The highest BCUT2D eigenvalue weighted by Gasteiger charge is 2.19. The second-order valence-electron chi connectivity index (χ2n) is 8.60. The van der Waals surface area contributed by atoms with E-state index in [4.69, 9.17) is 16.7 Å². The van der Waals surface area contributed by atoms with Gasteiger partial charge in [0.1, 0.15) is 5.82 Å². The van der Waals surface area contributed by atoms with E-state index in [1.165, 1.54) is 0 Å². The zero-order valence-electron chi connectivity index (χ0n) is 20.1. The summed E-state index contributed by atoms with van der Waals surface area (Å²) in [4.78, 5) is 13.4. The van der Waals surface area contributed by atoms with Crippen molar-refractivity contribution >= 4 is 40.4 Å². The number of nitrogens with one attached hydrogen (secondary N) is 2. The van der Waals surface area contributed by atoms with Gasteiger partial charge in [0.05, 0.1) is 29.8 Å². The van der Waals surface area contributed by atoms with Crippen molar-refractivity contribution in [3.63, 3.8) is 0 Å². The Kier molecular flexibility index (Phi) is 8.03. The Balaban J connectivity index is 1.45. The van der Waals surface area contributed by atoms with Gasteiger partial charge in [0.25, 0.3) is 0 Å². The first kappa shape index (κ1) is 24.7. The number of β-amino-alcohol motifs (C(OH)–C–C–N with tert-alkyl or cyclic N) is 1. The van der Waals surface area contributed by atoms with E-state index in [0.717, 1.165) is 59.9 Å². The lowest BCUT2D eigenvalue weighted by atomic mass is 9.99. The van der Waals surface area contributed by atoms with Gasteiger partial charge in [-0.3, -0.25) is 4.90 Å². The van der Waals surface area contributed by atoms with Crippen LogP contribution < -0.4 is 15.5 Å². The minimum atomic E-state index is 0.186. The number of aryl methyl sites for hydroxylation is 1. The lowest BCUT2D eigenvalue weighted by Gasteiger charge is -2.36. The molecule has 9 heteroatoms. The molecule has 0 unspecified atom stereocenters. The molecular weight excluding hydrogens is 462 g/mol. The van der Waals surface area contributed by atoms with Crippen molar-refractivity contribution in [3.05, 3.63) is 64.3 Å². The molecule has 35 heavy (non-hydrogen) atoms. The first-order valence-electron chi connectivity index (χ1n) is 11.7. The third-order valence-electron chi connectivity index (χ3n) is 6.38. The molecule has 1 aliphatic rings. The van der Waals surface area contributed by atoms with E-state index in [9.17, 15) is 5.26 Å². The van der Waals surface area contributed by atoms with E-state index in [0.29, 0.717) is 29.8 Å². The zero-order valence-corrected chi connectivity index (χ0v) is 20.8. The quantitative estimate of drug-likeness (QED) is 0.426. The summed E-state index contributed by atoms with van der Waals surface area (Å²) in [7, 11) is 0. The Labute approximate surface area is 211 Å². The minimum Gasteiger partial charge on any atom is -0.395 e. The van der Waals surface area contributed by atoms with Crippen molar-refractivity contribution in [2.24, 2.45) is 0 Å². The van der Waals surface area contributed by atoms with Crippen molar-refractivity contribution in [1.29, 1.82) is 5.26 Å². The van der Waals surface area contributed by atoms with E-state index in [1.807, 2.05) is 44.2 Å². The van der Waals surface area contributed by atoms with E-state index in [1.54, 1.807) is 12.3 Å². The molecule has 0 saturated carbocycles. The van der Waals surface area contributed by atoms with Crippen LogP contribution in [-0.2, 0) is 6.42 Å². The second-order valence-corrected chi connectivity index (χ2v) is 9.01. The van der Waals surface area contributed by atoms with Gasteiger partial charge in [0.15, 0.2) is 0 Å². The molecule has 0 atom stereocenters. The van der Waals surface area contributed by atoms with Gasteiger partial charge in [-0.2, -0.15) is 10.2 Å². The van der Waals surface area contributed by atoms with E-state index >= 15 is 0 Å². The van der Waals surface area contributed by atoms with Crippen LogP contribution in [0, 0.1) is 25.2 Å². The highest BCUT2D eigenvalue weighted by molar-refractivity contribution is 6.33. The van der Waals surface area contributed by atoms with Crippen LogP contribution in [0.2, 0.25) is 5.02 Å². The van der Waals surface area contributed by atoms with Crippen LogP contribution in [0.3, 0.4) is 0 Å². The molecule has 0 radical (unpaired) electrons. The molecule has 1 aromatic heterocycles. The Hall–Kier alpha value is -3.38. The number of hydrogen-bond acceptors (Lipinski definition) is 8. The van der Waals surface area contributed by atoms with Crippen molar-refractivity contribution < 1.29 is 5.11 Å². The average Bonchev–Trinajstić information content (AvgIpc) is 2.85. The Morgan fingerprint density at radius 1 is 1.09 bits per heavy atom. The van der Waals surface area contributed by atoms with Crippen LogP contribution >= 0.6 is 11.6 Å². The predicted molar refractivity (Wildman–Crippen MR) is 141 cm³/mol. The summed E-state index contributed by atoms with van der Waals surface area (Å²) in [6.45, 7) is 8.52. The number of rotatable bonds is 8. The third kappa shape index (κ3) is 6.01. The van der Waals surface area contributed by atoms with Crippen LogP contribution in [0.25, 0.3) is 0 Å². The fourth-order valence-corrected chi connectivity index (χ4v) is 4.55. The smallest absolute Gasteiger partial charge is 0.229 e. The van der Waals surface area contributed by atoms with Gasteiger partial charge in [0.2, 0.25) is 5.95 Å². The first-order valence-corrected chi connectivity index (χ1v) is 12.1. The third-order valence-corrected chi connectivity index (χ3v) is 6.68. The highest BCUT2D eigenvalue weighted by atomic mass is 35.5. The van der Waals surface area contributed by atoms with Gasteiger partial charge < -0.3 is 20.6 Å². The molecule has 1 aliphatic heterocycles. The second kappa shape index (κ2) is 11.4. The standard InChI is InChI=1S/C26H30ClN7O/c1-18-3-5-23(21(7-9-28)19(18)2)31-25-8-10-29-26(32-25)30-20-4-6-24(22(27)17-20)34-13-11-33(12-14-34)15-16-35/h3-6,8,10,17,35H,7,11-16H2,1-2H3,(H2,29,30,31,32). The number of benzene rings is 2. The van der Waals surface area contributed by atoms with E-state index in [2.05, 4.69) is 36.5 Å². The maximum absolute atomic E-state index is 9.25. The van der Waals surface area contributed by atoms with Crippen LogP contribution in [0.5, 0.6) is 0 Å². The number of nitriles is 1. The summed E-state index contributed by atoms with van der Waals surface area (Å²) in [6.07, 6.45) is 2.01. The predicted octanol–water partition coefficient (Wildman–Crippen LogP) is 4.41. The molecule has 0 spiro atoms. The van der Waals surface area contributed by atoms with Crippen molar-refractivity contribution in [1.82, 2.24) is 14.9 Å². The molecule has 2 aromatic carbocycles. The van der Waals surface area contributed by atoms with Gasteiger partial charge in [0, 0.05) is 50.3 Å². The van der Waals surface area contributed by atoms with Crippen molar-refractivity contribution in [2.75, 3.05) is 54.9 Å². The van der Waals surface area contributed by atoms with Gasteiger partial charge in [-0.05, 0) is 60.9 Å². The number of aromatic nitrogens is 2. The Bertz CT molecular complexity index is 1220. The SMILES string of the molecule is Cc1ccc(Nc2ccnc(Nc3ccc(N4CCN(CCO)CC4)c(Cl)c3)n2)c(CC#N)c1C. The van der Waals surface area contributed by atoms with Crippen LogP contribution in [0.4, 0.5) is 28.8 Å². The zero-order chi connectivity index (χ0) is 24.8. The number of halogens is 1. The molecule has 0 aliphatic carbocycles. The average molecular weight is 492 g/mol. The molecule has 0 amide bonds. The molecule has 8 nitrogen and oxygen atoms in total. The molecule has 0 bridgehead atoms. The minimum absolute atomic E-state index is 0.186. The normalized spacial score (nSPS) is 14.0. The number of anilines is 5. The van der Waals surface area contributed by atoms with Gasteiger partial charge in [-0.15, -0.1) is 0 Å². The molecular formula is C26H30ClN7O. The molecule has 3 N–H and O–H groups in total. The lowest BCUT2D eigenvalue weighted by Crippen LogP contribution is -2.47. The summed E-state index contributed by atoms with van der Waals surface area (Å²) < 4.78 is 0. The molecule has 3 aromatic rings. The van der Waals surface area contributed by atoms with Gasteiger partial charge >= 0.3 is 0 Å². The largest absolute Gasteiger partial charge is 0.395 e. The monoisotopic (exact) mass is 491 g/mol. The fourth-order valence-electron chi connectivity index (χ4n) is 4.25. The summed E-state index contributed by atoms with van der Waals surface area (Å²) in [6, 6.07) is 13.9. The molecule has 182 valence electrons. The topological polar surface area (TPSA) is 100 Å². The number of aliphatic hydroxyl groups excluding tert-OH is 1. The van der Waals surface area contributed by atoms with E-state index < -0.39 is 0 Å². The van der Waals surface area contributed by atoms with Crippen LogP contribution in [0.15, 0.2) is 42.6 Å². The Morgan fingerprint density at radius 3 is 2.60 bits per heavy atom. The van der Waals surface area contributed by atoms with Crippen molar-refractivity contribution in [2.45, 2.75) is 20.3 Å². The van der Waals surface area contributed by atoms with Crippen LogP contribution in [0.1, 0.15) is 16.7 Å². The molecule has 1 saturated heterocycles.